The van der Waals surface area contributed by atoms with Crippen molar-refractivity contribution in [3.05, 3.63) is 0 Å². The van der Waals surface area contributed by atoms with Gasteiger partial charge in [-0.25, -0.2) is 0 Å². The Morgan fingerprint density at radius 3 is 2.40 bits per heavy atom. The Hall–Kier alpha value is -0.410. The Morgan fingerprint density at radius 1 is 1.20 bits per heavy atom. The maximum Gasteiger partial charge on any atom is 0.138 e. The zero-order valence-electron chi connectivity index (χ0n) is 10.5. The summed E-state index contributed by atoms with van der Waals surface area (Å²) in [6.45, 7) is 7.93. The SMILES string of the molecule is CCC(C)(C)C(=O)CCCOCCOC. The van der Waals surface area contributed by atoms with Crippen LogP contribution in [0.3, 0.4) is 0 Å². The van der Waals surface area contributed by atoms with Crippen LogP contribution >= 0.6 is 0 Å². The molecule has 0 aromatic heterocycles. The number of ether oxygens (including phenoxy) is 2. The number of hydrogen-bond acceptors (Lipinski definition) is 3. The fourth-order valence-electron chi connectivity index (χ4n) is 1.11. The number of carbonyl (C=O) groups excluding carboxylic acids is 1. The summed E-state index contributed by atoms with van der Waals surface area (Å²) in [6.07, 6.45) is 2.33. The standard InChI is InChI=1S/C12H24O3/c1-5-12(2,3)11(13)7-6-8-15-10-9-14-4/h5-10H2,1-4H3. The lowest BCUT2D eigenvalue weighted by Gasteiger charge is -2.20. The van der Waals surface area contributed by atoms with Gasteiger partial charge in [0.25, 0.3) is 0 Å². The van der Waals surface area contributed by atoms with Gasteiger partial charge in [0.1, 0.15) is 5.78 Å². The van der Waals surface area contributed by atoms with E-state index in [0.717, 1.165) is 12.8 Å². The van der Waals surface area contributed by atoms with Crippen LogP contribution in [0.25, 0.3) is 0 Å². The minimum atomic E-state index is -0.174. The van der Waals surface area contributed by atoms with Crippen molar-refractivity contribution in [3.63, 3.8) is 0 Å². The summed E-state index contributed by atoms with van der Waals surface area (Å²) in [7, 11) is 1.65. The van der Waals surface area contributed by atoms with E-state index >= 15 is 0 Å². The molecule has 15 heavy (non-hydrogen) atoms. The van der Waals surface area contributed by atoms with Crippen LogP contribution in [0.4, 0.5) is 0 Å². The first-order valence-corrected chi connectivity index (χ1v) is 5.64. The second kappa shape index (κ2) is 7.83. The average Bonchev–Trinajstić information content (AvgIpc) is 2.22. The van der Waals surface area contributed by atoms with Crippen molar-refractivity contribution in [1.82, 2.24) is 0 Å². The quantitative estimate of drug-likeness (QED) is 0.555. The molecule has 0 aliphatic heterocycles. The second-order valence-corrected chi connectivity index (χ2v) is 4.37. The van der Waals surface area contributed by atoms with Gasteiger partial charge in [-0.2, -0.15) is 0 Å². The van der Waals surface area contributed by atoms with Crippen molar-refractivity contribution >= 4 is 5.78 Å². The van der Waals surface area contributed by atoms with Gasteiger partial charge in [-0.3, -0.25) is 4.79 Å². The molecular formula is C12H24O3. The predicted octanol–water partition coefficient (Wildman–Crippen LogP) is 2.43. The molecule has 0 bridgehead atoms. The minimum absolute atomic E-state index is 0.174. The molecule has 0 fully saturated rings. The van der Waals surface area contributed by atoms with Crippen molar-refractivity contribution in [3.8, 4) is 0 Å². The number of ketones is 1. The van der Waals surface area contributed by atoms with Crippen LogP contribution in [0.2, 0.25) is 0 Å². The summed E-state index contributed by atoms with van der Waals surface area (Å²) in [5.41, 5.74) is -0.174. The molecule has 0 saturated heterocycles. The Kier molecular flexibility index (Phi) is 7.61. The Balaban J connectivity index is 3.47. The van der Waals surface area contributed by atoms with Crippen molar-refractivity contribution in [1.29, 1.82) is 0 Å². The van der Waals surface area contributed by atoms with Gasteiger partial charge in [-0.15, -0.1) is 0 Å². The maximum absolute atomic E-state index is 11.7. The van der Waals surface area contributed by atoms with E-state index in [-0.39, 0.29) is 5.41 Å². The third-order valence-corrected chi connectivity index (χ3v) is 2.76. The van der Waals surface area contributed by atoms with Crippen molar-refractivity contribution in [2.24, 2.45) is 5.41 Å². The summed E-state index contributed by atoms with van der Waals surface area (Å²) in [6, 6.07) is 0. The molecule has 0 radical (unpaired) electrons. The van der Waals surface area contributed by atoms with E-state index in [1.807, 2.05) is 20.8 Å². The topological polar surface area (TPSA) is 35.5 Å². The molecule has 0 aliphatic carbocycles. The summed E-state index contributed by atoms with van der Waals surface area (Å²) < 4.78 is 10.1. The number of rotatable bonds is 9. The molecular weight excluding hydrogens is 192 g/mol. The van der Waals surface area contributed by atoms with Gasteiger partial charge in [0, 0.05) is 25.6 Å². The zero-order valence-corrected chi connectivity index (χ0v) is 10.5. The average molecular weight is 216 g/mol. The van der Waals surface area contributed by atoms with Gasteiger partial charge in [0.05, 0.1) is 13.2 Å². The first kappa shape index (κ1) is 14.6. The lowest BCUT2D eigenvalue weighted by molar-refractivity contribution is -0.127. The van der Waals surface area contributed by atoms with Gasteiger partial charge in [-0.1, -0.05) is 20.8 Å². The normalized spacial score (nSPS) is 11.7. The molecule has 0 N–H and O–H groups in total. The molecule has 3 heteroatoms. The molecule has 0 aromatic carbocycles. The van der Waals surface area contributed by atoms with Crippen LogP contribution in [0, 0.1) is 5.41 Å². The monoisotopic (exact) mass is 216 g/mol. The van der Waals surface area contributed by atoms with Crippen molar-refractivity contribution < 1.29 is 14.3 Å². The highest BCUT2D eigenvalue weighted by atomic mass is 16.5. The Labute approximate surface area is 93.1 Å². The summed E-state index contributed by atoms with van der Waals surface area (Å²) in [5.74, 6) is 0.334. The summed E-state index contributed by atoms with van der Waals surface area (Å²) >= 11 is 0. The molecule has 0 amide bonds. The van der Waals surface area contributed by atoms with Crippen molar-refractivity contribution in [2.45, 2.75) is 40.0 Å². The zero-order chi connectivity index (χ0) is 11.7. The minimum Gasteiger partial charge on any atom is -0.382 e. The van der Waals surface area contributed by atoms with E-state index in [1.54, 1.807) is 7.11 Å². The first-order chi connectivity index (χ1) is 7.04. The van der Waals surface area contributed by atoms with Crippen LogP contribution in [0.5, 0.6) is 0 Å². The molecule has 0 saturated carbocycles. The second-order valence-electron chi connectivity index (χ2n) is 4.37. The van der Waals surface area contributed by atoms with E-state index in [1.165, 1.54) is 0 Å². The van der Waals surface area contributed by atoms with E-state index in [2.05, 4.69) is 0 Å². The number of methoxy groups -OCH3 is 1. The van der Waals surface area contributed by atoms with Gasteiger partial charge >= 0.3 is 0 Å². The fraction of sp³-hybridized carbons (Fsp3) is 0.917. The third kappa shape index (κ3) is 6.63. The Morgan fingerprint density at radius 2 is 1.87 bits per heavy atom. The Bertz CT molecular complexity index is 176. The van der Waals surface area contributed by atoms with Gasteiger partial charge in [0.15, 0.2) is 0 Å². The van der Waals surface area contributed by atoms with Crippen molar-refractivity contribution in [2.75, 3.05) is 26.9 Å². The largest absolute Gasteiger partial charge is 0.382 e. The molecule has 0 heterocycles. The van der Waals surface area contributed by atoms with E-state index in [0.29, 0.717) is 32.0 Å². The molecule has 0 spiro atoms. The first-order valence-electron chi connectivity index (χ1n) is 5.64. The predicted molar refractivity (Wildman–Crippen MR) is 61.0 cm³/mol. The molecule has 0 unspecified atom stereocenters. The maximum atomic E-state index is 11.7. The van der Waals surface area contributed by atoms with Crippen LogP contribution in [-0.2, 0) is 14.3 Å². The summed E-state index contributed by atoms with van der Waals surface area (Å²) in [4.78, 5) is 11.7. The highest BCUT2D eigenvalue weighted by Crippen LogP contribution is 2.23. The molecule has 0 rings (SSSR count). The molecule has 0 atom stereocenters. The number of Topliss-reactive ketones (excluding diaryl/α,β-unsaturated/α-hetero) is 1. The number of carbonyl (C=O) groups is 1. The van der Waals surface area contributed by atoms with Crippen LogP contribution in [-0.4, -0.2) is 32.7 Å². The van der Waals surface area contributed by atoms with Crippen LogP contribution < -0.4 is 0 Å². The summed E-state index contributed by atoms with van der Waals surface area (Å²) in [5, 5.41) is 0. The van der Waals surface area contributed by atoms with E-state index in [4.69, 9.17) is 9.47 Å². The van der Waals surface area contributed by atoms with Crippen LogP contribution in [0.1, 0.15) is 40.0 Å². The van der Waals surface area contributed by atoms with Gasteiger partial charge in [0.2, 0.25) is 0 Å². The highest BCUT2D eigenvalue weighted by molar-refractivity contribution is 5.83. The molecule has 90 valence electrons. The van der Waals surface area contributed by atoms with Gasteiger partial charge in [-0.05, 0) is 12.8 Å². The lowest BCUT2D eigenvalue weighted by Crippen LogP contribution is -2.23. The lowest BCUT2D eigenvalue weighted by atomic mass is 9.83. The van der Waals surface area contributed by atoms with E-state index < -0.39 is 0 Å². The molecule has 0 aromatic rings. The highest BCUT2D eigenvalue weighted by Gasteiger charge is 2.23. The number of hydrogen-bond donors (Lipinski definition) is 0. The fourth-order valence-corrected chi connectivity index (χ4v) is 1.11. The third-order valence-electron chi connectivity index (χ3n) is 2.76. The van der Waals surface area contributed by atoms with E-state index in [9.17, 15) is 4.79 Å². The van der Waals surface area contributed by atoms with Gasteiger partial charge < -0.3 is 9.47 Å². The van der Waals surface area contributed by atoms with Crippen LogP contribution in [0.15, 0.2) is 0 Å². The molecule has 0 aliphatic rings. The smallest absolute Gasteiger partial charge is 0.138 e. The molecule has 3 nitrogen and oxygen atoms in total.